The Morgan fingerprint density at radius 3 is 1.97 bits per heavy atom. The number of imidazole rings is 1. The van der Waals surface area contributed by atoms with Gasteiger partial charge in [0, 0.05) is 0 Å². The lowest BCUT2D eigenvalue weighted by Crippen LogP contribution is -2.36. The van der Waals surface area contributed by atoms with E-state index in [-0.39, 0.29) is 0 Å². The van der Waals surface area contributed by atoms with E-state index in [1.54, 1.807) is 0 Å². The Kier molecular flexibility index (Phi) is 11.1. The van der Waals surface area contributed by atoms with Crippen molar-refractivity contribution in [2.45, 2.75) is 91.0 Å². The van der Waals surface area contributed by atoms with Gasteiger partial charge in [0.1, 0.15) is 12.4 Å². The van der Waals surface area contributed by atoms with Crippen LogP contribution in [0.2, 0.25) is 0 Å². The molecular formula is C29H41N2O+. The van der Waals surface area contributed by atoms with Crippen molar-refractivity contribution in [1.29, 1.82) is 0 Å². The standard InChI is InChI=1S/C29H41N2O/c1-2-3-4-5-6-7-8-9-10-17-22-30-23-24-31(29(30)28-20-15-12-16-21-28)26-32-25-27-18-13-11-14-19-27/h11-16,18-21,23-24H,2-10,17,22,25-26H2,1H3/q+1. The normalized spacial score (nSPS) is 11.2. The van der Waals surface area contributed by atoms with Crippen molar-refractivity contribution >= 4 is 0 Å². The van der Waals surface area contributed by atoms with Crippen LogP contribution in [0.25, 0.3) is 11.4 Å². The fourth-order valence-electron chi connectivity index (χ4n) is 4.28. The molecular weight excluding hydrogens is 392 g/mol. The van der Waals surface area contributed by atoms with Crippen LogP contribution in [0.1, 0.15) is 76.7 Å². The number of nitrogens with zero attached hydrogens (tertiary/aromatic N) is 2. The van der Waals surface area contributed by atoms with Gasteiger partial charge in [0.25, 0.3) is 5.82 Å². The summed E-state index contributed by atoms with van der Waals surface area (Å²) in [5.74, 6) is 1.23. The Hall–Kier alpha value is -2.39. The second-order valence-electron chi connectivity index (χ2n) is 8.80. The molecule has 0 spiro atoms. The molecule has 1 aromatic heterocycles. The number of benzene rings is 2. The molecule has 3 heteroatoms. The van der Waals surface area contributed by atoms with Crippen LogP contribution in [-0.2, 0) is 24.6 Å². The smallest absolute Gasteiger partial charge is 0.290 e. The van der Waals surface area contributed by atoms with Crippen LogP contribution in [0.4, 0.5) is 0 Å². The van der Waals surface area contributed by atoms with Gasteiger partial charge >= 0.3 is 0 Å². The van der Waals surface area contributed by atoms with Gasteiger partial charge in [0.2, 0.25) is 0 Å². The lowest BCUT2D eigenvalue weighted by molar-refractivity contribution is -0.723. The molecule has 0 saturated heterocycles. The van der Waals surface area contributed by atoms with E-state index >= 15 is 0 Å². The van der Waals surface area contributed by atoms with Crippen LogP contribution in [0, 0.1) is 0 Å². The summed E-state index contributed by atoms with van der Waals surface area (Å²) in [5.41, 5.74) is 2.45. The van der Waals surface area contributed by atoms with Crippen LogP contribution < -0.4 is 4.57 Å². The Morgan fingerprint density at radius 1 is 0.719 bits per heavy atom. The number of hydrogen-bond donors (Lipinski definition) is 0. The summed E-state index contributed by atoms with van der Waals surface area (Å²) >= 11 is 0. The molecule has 0 bridgehead atoms. The first-order chi connectivity index (χ1) is 15.9. The van der Waals surface area contributed by atoms with Crippen molar-refractivity contribution in [1.82, 2.24) is 4.57 Å². The van der Waals surface area contributed by atoms with Gasteiger partial charge in [-0.1, -0.05) is 107 Å². The van der Waals surface area contributed by atoms with Crippen molar-refractivity contribution in [3.63, 3.8) is 0 Å². The van der Waals surface area contributed by atoms with Crippen LogP contribution in [0.3, 0.4) is 0 Å². The Bertz CT molecular complexity index is 857. The van der Waals surface area contributed by atoms with E-state index < -0.39 is 0 Å². The predicted molar refractivity (Wildman–Crippen MR) is 133 cm³/mol. The lowest BCUT2D eigenvalue weighted by Gasteiger charge is -2.07. The maximum atomic E-state index is 6.04. The second-order valence-corrected chi connectivity index (χ2v) is 8.80. The number of ether oxygens (including phenoxy) is 1. The van der Waals surface area contributed by atoms with Gasteiger partial charge in [-0.05, 0) is 30.5 Å². The van der Waals surface area contributed by atoms with Crippen molar-refractivity contribution in [3.8, 4) is 11.4 Å². The molecule has 0 aliphatic rings. The Labute approximate surface area is 195 Å². The van der Waals surface area contributed by atoms with Gasteiger partial charge in [-0.2, -0.15) is 0 Å². The molecule has 3 rings (SSSR count). The minimum atomic E-state index is 0.560. The topological polar surface area (TPSA) is 18.0 Å². The third-order valence-corrected chi connectivity index (χ3v) is 6.10. The molecule has 0 saturated carbocycles. The third-order valence-electron chi connectivity index (χ3n) is 6.10. The van der Waals surface area contributed by atoms with Gasteiger partial charge in [-0.3, -0.25) is 0 Å². The molecule has 0 atom stereocenters. The fourth-order valence-corrected chi connectivity index (χ4v) is 4.28. The van der Waals surface area contributed by atoms with E-state index in [4.69, 9.17) is 4.74 Å². The average molecular weight is 434 g/mol. The van der Waals surface area contributed by atoms with E-state index in [9.17, 15) is 0 Å². The van der Waals surface area contributed by atoms with Crippen molar-refractivity contribution in [3.05, 3.63) is 78.6 Å². The van der Waals surface area contributed by atoms with E-state index in [2.05, 4.69) is 83.0 Å². The minimum Gasteiger partial charge on any atom is -0.337 e. The zero-order valence-electron chi connectivity index (χ0n) is 19.9. The third kappa shape index (κ3) is 8.27. The fraction of sp³-hybridized carbons (Fsp3) is 0.483. The summed E-state index contributed by atoms with van der Waals surface area (Å²) in [7, 11) is 0. The van der Waals surface area contributed by atoms with Gasteiger partial charge in [-0.25, -0.2) is 9.13 Å². The lowest BCUT2D eigenvalue weighted by atomic mass is 10.1. The quantitative estimate of drug-likeness (QED) is 0.169. The van der Waals surface area contributed by atoms with Crippen molar-refractivity contribution in [2.24, 2.45) is 0 Å². The van der Waals surface area contributed by atoms with Gasteiger partial charge < -0.3 is 4.74 Å². The zero-order chi connectivity index (χ0) is 22.3. The first kappa shape index (κ1) is 24.3. The second kappa shape index (κ2) is 14.6. The van der Waals surface area contributed by atoms with E-state index in [0.717, 1.165) is 6.54 Å². The molecule has 172 valence electrons. The summed E-state index contributed by atoms with van der Waals surface area (Å²) in [6.07, 6.45) is 18.0. The van der Waals surface area contributed by atoms with E-state index in [0.29, 0.717) is 13.3 Å². The molecule has 3 aromatic rings. The molecule has 0 radical (unpaired) electrons. The SMILES string of the molecule is CCCCCCCCCCCCn1cc[n+](COCc2ccccc2)c1-c1ccccc1. The maximum Gasteiger partial charge on any atom is 0.290 e. The van der Waals surface area contributed by atoms with Crippen molar-refractivity contribution < 1.29 is 9.30 Å². The summed E-state index contributed by atoms with van der Waals surface area (Å²) in [4.78, 5) is 0. The van der Waals surface area contributed by atoms with Gasteiger partial charge in [-0.15, -0.1) is 0 Å². The first-order valence-electron chi connectivity index (χ1n) is 12.6. The van der Waals surface area contributed by atoms with E-state index in [1.807, 2.05) is 6.07 Å². The molecule has 0 fully saturated rings. The van der Waals surface area contributed by atoms with Crippen molar-refractivity contribution in [2.75, 3.05) is 0 Å². The maximum absolute atomic E-state index is 6.04. The molecule has 0 aliphatic heterocycles. The highest BCUT2D eigenvalue weighted by Gasteiger charge is 2.19. The van der Waals surface area contributed by atoms with Crippen LogP contribution >= 0.6 is 0 Å². The largest absolute Gasteiger partial charge is 0.337 e. The monoisotopic (exact) mass is 433 g/mol. The highest BCUT2D eigenvalue weighted by Crippen LogP contribution is 2.17. The highest BCUT2D eigenvalue weighted by molar-refractivity contribution is 5.52. The average Bonchev–Trinajstić information content (AvgIpc) is 3.24. The van der Waals surface area contributed by atoms with Crippen LogP contribution in [-0.4, -0.2) is 4.57 Å². The number of hydrogen-bond acceptors (Lipinski definition) is 1. The molecule has 1 heterocycles. The number of rotatable bonds is 16. The summed E-state index contributed by atoms with van der Waals surface area (Å²) < 4.78 is 10.7. The zero-order valence-corrected chi connectivity index (χ0v) is 19.9. The summed E-state index contributed by atoms with van der Waals surface area (Å²) in [6.45, 7) is 4.54. The Balaban J connectivity index is 1.47. The molecule has 0 N–H and O–H groups in total. The number of aromatic nitrogens is 2. The molecule has 0 amide bonds. The first-order valence-corrected chi connectivity index (χ1v) is 12.6. The van der Waals surface area contributed by atoms with Gasteiger partial charge in [0.15, 0.2) is 6.73 Å². The molecule has 2 aromatic carbocycles. The van der Waals surface area contributed by atoms with Crippen LogP contribution in [0.5, 0.6) is 0 Å². The molecule has 0 unspecified atom stereocenters. The Morgan fingerprint density at radius 2 is 1.31 bits per heavy atom. The molecule has 0 aliphatic carbocycles. The summed E-state index contributed by atoms with van der Waals surface area (Å²) in [6, 6.07) is 21.1. The van der Waals surface area contributed by atoms with Gasteiger partial charge in [0.05, 0.1) is 18.7 Å². The number of aryl methyl sites for hydroxylation is 1. The molecule has 32 heavy (non-hydrogen) atoms. The summed E-state index contributed by atoms with van der Waals surface area (Å²) in [5, 5.41) is 0. The van der Waals surface area contributed by atoms with Crippen LogP contribution in [0.15, 0.2) is 73.1 Å². The predicted octanol–water partition coefficient (Wildman–Crippen LogP) is 7.54. The van der Waals surface area contributed by atoms with E-state index in [1.165, 1.54) is 81.2 Å². The highest BCUT2D eigenvalue weighted by atomic mass is 16.5. The number of unbranched alkanes of at least 4 members (excludes halogenated alkanes) is 9. The molecule has 3 nitrogen and oxygen atoms in total. The minimum absolute atomic E-state index is 0.560.